The van der Waals surface area contributed by atoms with Crippen LogP contribution in [0.4, 0.5) is 10.1 Å². The van der Waals surface area contributed by atoms with Gasteiger partial charge in [0, 0.05) is 12.1 Å². The Hall–Kier alpha value is -1.49. The van der Waals surface area contributed by atoms with E-state index in [1.54, 1.807) is 19.0 Å². The number of rotatable bonds is 3. The summed E-state index contributed by atoms with van der Waals surface area (Å²) in [5, 5.41) is 10.6. The lowest BCUT2D eigenvalue weighted by atomic mass is 10.1. The molecule has 0 amide bonds. The molecule has 1 aromatic rings. The monoisotopic (exact) mass is 198 g/mol. The molecule has 0 aliphatic rings. The molecule has 5 heteroatoms. The van der Waals surface area contributed by atoms with Crippen LogP contribution in [0, 0.1) is 15.9 Å². The molecular formula is C9H11FN2O2. The summed E-state index contributed by atoms with van der Waals surface area (Å²) in [6.45, 7) is 0.427. The number of nitrogens with zero attached hydrogens (tertiary/aromatic N) is 2. The van der Waals surface area contributed by atoms with E-state index >= 15 is 0 Å². The maximum Gasteiger partial charge on any atom is 0.276 e. The van der Waals surface area contributed by atoms with Gasteiger partial charge in [-0.3, -0.25) is 10.1 Å². The van der Waals surface area contributed by atoms with E-state index in [0.29, 0.717) is 12.1 Å². The molecule has 0 bridgehead atoms. The molecular weight excluding hydrogens is 187 g/mol. The van der Waals surface area contributed by atoms with Crippen LogP contribution >= 0.6 is 0 Å². The maximum atomic E-state index is 12.7. The maximum absolute atomic E-state index is 12.7. The molecule has 14 heavy (non-hydrogen) atoms. The van der Waals surface area contributed by atoms with E-state index in [1.807, 2.05) is 0 Å². The quantitative estimate of drug-likeness (QED) is 0.549. The number of nitro benzene ring substituents is 1. The van der Waals surface area contributed by atoms with Crippen molar-refractivity contribution in [3.63, 3.8) is 0 Å². The Morgan fingerprint density at radius 1 is 1.50 bits per heavy atom. The Labute approximate surface area is 81.1 Å². The van der Waals surface area contributed by atoms with Crippen molar-refractivity contribution in [2.75, 3.05) is 14.1 Å². The SMILES string of the molecule is CN(C)Cc1ccc(F)cc1[N+](=O)[O-]. The van der Waals surface area contributed by atoms with Gasteiger partial charge < -0.3 is 4.90 Å². The summed E-state index contributed by atoms with van der Waals surface area (Å²) in [6, 6.07) is 3.61. The summed E-state index contributed by atoms with van der Waals surface area (Å²) in [4.78, 5) is 11.8. The molecule has 0 spiro atoms. The third kappa shape index (κ3) is 2.50. The summed E-state index contributed by atoms with van der Waals surface area (Å²) in [5.74, 6) is -0.584. The topological polar surface area (TPSA) is 46.4 Å². The van der Waals surface area contributed by atoms with Crippen LogP contribution in [0.15, 0.2) is 18.2 Å². The first-order valence-electron chi connectivity index (χ1n) is 4.08. The smallest absolute Gasteiger partial charge is 0.276 e. The Kier molecular flexibility index (Phi) is 3.14. The average Bonchev–Trinajstić information content (AvgIpc) is 2.07. The van der Waals surface area contributed by atoms with Crippen molar-refractivity contribution >= 4 is 5.69 Å². The van der Waals surface area contributed by atoms with Gasteiger partial charge in [-0.2, -0.15) is 0 Å². The van der Waals surface area contributed by atoms with Gasteiger partial charge in [0.1, 0.15) is 5.82 Å². The molecule has 76 valence electrons. The van der Waals surface area contributed by atoms with Gasteiger partial charge in [0.2, 0.25) is 0 Å². The van der Waals surface area contributed by atoms with Crippen LogP contribution in [-0.4, -0.2) is 23.9 Å². The van der Waals surface area contributed by atoms with Crippen LogP contribution in [0.2, 0.25) is 0 Å². The highest BCUT2D eigenvalue weighted by molar-refractivity contribution is 5.40. The third-order valence-electron chi connectivity index (χ3n) is 1.73. The molecule has 0 aliphatic heterocycles. The lowest BCUT2D eigenvalue weighted by molar-refractivity contribution is -0.385. The van der Waals surface area contributed by atoms with Crippen LogP contribution in [0.1, 0.15) is 5.56 Å². The lowest BCUT2D eigenvalue weighted by Crippen LogP contribution is -2.12. The molecule has 1 rings (SSSR count). The molecule has 0 atom stereocenters. The summed E-state index contributed by atoms with van der Waals surface area (Å²) in [7, 11) is 3.60. The predicted octanol–water partition coefficient (Wildman–Crippen LogP) is 1.80. The highest BCUT2D eigenvalue weighted by Crippen LogP contribution is 2.20. The Balaban J connectivity index is 3.08. The molecule has 0 fully saturated rings. The molecule has 0 heterocycles. The average molecular weight is 198 g/mol. The lowest BCUT2D eigenvalue weighted by Gasteiger charge is -2.09. The van der Waals surface area contributed by atoms with E-state index in [0.717, 1.165) is 6.07 Å². The zero-order valence-corrected chi connectivity index (χ0v) is 8.03. The first-order chi connectivity index (χ1) is 6.50. The van der Waals surface area contributed by atoms with Crippen molar-refractivity contribution in [1.82, 2.24) is 4.90 Å². The first kappa shape index (κ1) is 10.6. The highest BCUT2D eigenvalue weighted by Gasteiger charge is 2.14. The number of hydrogen-bond donors (Lipinski definition) is 0. The number of nitro groups is 1. The molecule has 0 aromatic heterocycles. The molecule has 0 N–H and O–H groups in total. The number of benzene rings is 1. The van der Waals surface area contributed by atoms with Crippen molar-refractivity contribution in [2.45, 2.75) is 6.54 Å². The van der Waals surface area contributed by atoms with Gasteiger partial charge in [-0.1, -0.05) is 0 Å². The van der Waals surface area contributed by atoms with Crippen molar-refractivity contribution in [2.24, 2.45) is 0 Å². The van der Waals surface area contributed by atoms with Crippen LogP contribution in [-0.2, 0) is 6.54 Å². The van der Waals surface area contributed by atoms with Gasteiger partial charge >= 0.3 is 0 Å². The second-order valence-corrected chi connectivity index (χ2v) is 3.27. The fourth-order valence-electron chi connectivity index (χ4n) is 1.18. The second-order valence-electron chi connectivity index (χ2n) is 3.27. The van der Waals surface area contributed by atoms with E-state index in [9.17, 15) is 14.5 Å². The predicted molar refractivity (Wildman–Crippen MR) is 50.4 cm³/mol. The van der Waals surface area contributed by atoms with Crippen LogP contribution in [0.25, 0.3) is 0 Å². The minimum absolute atomic E-state index is 0.168. The molecule has 1 aromatic carbocycles. The second kappa shape index (κ2) is 4.15. The van der Waals surface area contributed by atoms with Crippen LogP contribution in [0.3, 0.4) is 0 Å². The molecule has 0 radical (unpaired) electrons. The Bertz CT molecular complexity index is 353. The standard InChI is InChI=1S/C9H11FN2O2/c1-11(2)6-7-3-4-8(10)5-9(7)12(13)14/h3-5H,6H2,1-2H3. The minimum atomic E-state index is -0.584. The van der Waals surface area contributed by atoms with Gasteiger partial charge in [-0.15, -0.1) is 0 Å². The van der Waals surface area contributed by atoms with E-state index in [1.165, 1.54) is 12.1 Å². The van der Waals surface area contributed by atoms with Crippen molar-refractivity contribution in [3.8, 4) is 0 Å². The Morgan fingerprint density at radius 3 is 2.64 bits per heavy atom. The first-order valence-corrected chi connectivity index (χ1v) is 4.08. The largest absolute Gasteiger partial charge is 0.305 e. The minimum Gasteiger partial charge on any atom is -0.305 e. The van der Waals surface area contributed by atoms with Gasteiger partial charge in [-0.25, -0.2) is 4.39 Å². The fourth-order valence-corrected chi connectivity index (χ4v) is 1.18. The van der Waals surface area contributed by atoms with Crippen molar-refractivity contribution in [1.29, 1.82) is 0 Å². The van der Waals surface area contributed by atoms with E-state index in [2.05, 4.69) is 0 Å². The zero-order chi connectivity index (χ0) is 10.7. The summed E-state index contributed by atoms with van der Waals surface area (Å²) in [6.07, 6.45) is 0. The zero-order valence-electron chi connectivity index (χ0n) is 8.03. The third-order valence-corrected chi connectivity index (χ3v) is 1.73. The van der Waals surface area contributed by atoms with Crippen molar-refractivity contribution in [3.05, 3.63) is 39.7 Å². The van der Waals surface area contributed by atoms with Crippen LogP contribution in [0.5, 0.6) is 0 Å². The van der Waals surface area contributed by atoms with Crippen molar-refractivity contribution < 1.29 is 9.31 Å². The molecule has 0 aliphatic carbocycles. The van der Waals surface area contributed by atoms with Gasteiger partial charge in [0.05, 0.1) is 11.0 Å². The van der Waals surface area contributed by atoms with Gasteiger partial charge in [0.15, 0.2) is 0 Å². The Morgan fingerprint density at radius 2 is 2.14 bits per heavy atom. The normalized spacial score (nSPS) is 10.6. The summed E-state index contributed by atoms with van der Waals surface area (Å²) >= 11 is 0. The highest BCUT2D eigenvalue weighted by atomic mass is 19.1. The van der Waals surface area contributed by atoms with E-state index in [-0.39, 0.29) is 5.69 Å². The molecule has 0 saturated heterocycles. The number of hydrogen-bond acceptors (Lipinski definition) is 3. The summed E-state index contributed by atoms with van der Waals surface area (Å²) in [5.41, 5.74) is 0.347. The molecule has 0 saturated carbocycles. The molecule has 0 unspecified atom stereocenters. The fraction of sp³-hybridized carbons (Fsp3) is 0.333. The van der Waals surface area contributed by atoms with Crippen LogP contribution < -0.4 is 0 Å². The summed E-state index contributed by atoms with van der Waals surface area (Å²) < 4.78 is 12.7. The van der Waals surface area contributed by atoms with Gasteiger partial charge in [-0.05, 0) is 26.2 Å². The molecule has 4 nitrogen and oxygen atoms in total. The van der Waals surface area contributed by atoms with Gasteiger partial charge in [0.25, 0.3) is 5.69 Å². The number of halogens is 1. The van der Waals surface area contributed by atoms with E-state index < -0.39 is 10.7 Å². The van der Waals surface area contributed by atoms with E-state index in [4.69, 9.17) is 0 Å².